The first kappa shape index (κ1) is 29.5. The van der Waals surface area contributed by atoms with Crippen molar-refractivity contribution in [3.05, 3.63) is 128 Å². The van der Waals surface area contributed by atoms with Crippen LogP contribution in [0.25, 0.3) is 11.4 Å². The molecule has 0 aliphatic carbocycles. The number of aromatic nitrogens is 5. The molecule has 0 radical (unpaired) electrons. The first-order valence-corrected chi connectivity index (χ1v) is 13.8. The predicted molar refractivity (Wildman–Crippen MR) is 165 cm³/mol. The number of amides is 1. The van der Waals surface area contributed by atoms with E-state index in [4.69, 9.17) is 23.8 Å². The highest BCUT2D eigenvalue weighted by atomic mass is 35.5. The molecule has 2 aromatic heterocycles. The number of thiocarbonyl (C=S) groups is 1. The van der Waals surface area contributed by atoms with Crippen molar-refractivity contribution in [2.24, 2.45) is 7.05 Å². The van der Waals surface area contributed by atoms with E-state index in [1.807, 2.05) is 18.2 Å². The Kier molecular flexibility index (Phi) is 8.55. The number of rotatable bonds is 7. The lowest BCUT2D eigenvalue weighted by molar-refractivity contribution is -0.122. The van der Waals surface area contributed by atoms with Crippen LogP contribution < -0.4 is 27.4 Å². The highest BCUT2D eigenvalue weighted by Gasteiger charge is 2.25. The van der Waals surface area contributed by atoms with E-state index in [2.05, 4.69) is 21.3 Å². The summed E-state index contributed by atoms with van der Waals surface area (Å²) in [5.74, 6) is -0.769. The van der Waals surface area contributed by atoms with Crippen LogP contribution in [-0.4, -0.2) is 34.7 Å². The number of anilines is 1. The molecule has 11 nitrogen and oxygen atoms in total. The van der Waals surface area contributed by atoms with Crippen LogP contribution in [0.5, 0.6) is 0 Å². The number of halogens is 2. The third kappa shape index (κ3) is 6.42. The highest BCUT2D eigenvalue weighted by molar-refractivity contribution is 7.80. The average molecular weight is 621 g/mol. The molecule has 1 amide bonds. The molecule has 0 fully saturated rings. The van der Waals surface area contributed by atoms with Crippen molar-refractivity contribution < 1.29 is 9.18 Å². The predicted octanol–water partition coefficient (Wildman–Crippen LogP) is 3.23. The lowest BCUT2D eigenvalue weighted by atomic mass is 10.1. The lowest BCUT2D eigenvalue weighted by Crippen LogP contribution is -2.46. The van der Waals surface area contributed by atoms with Gasteiger partial charge < -0.3 is 5.32 Å². The average Bonchev–Trinajstić information content (AvgIpc) is 3.40. The Balaban J connectivity index is 1.45. The minimum atomic E-state index is -0.669. The van der Waals surface area contributed by atoms with Crippen molar-refractivity contribution in [2.75, 3.05) is 5.32 Å². The molecule has 220 valence electrons. The van der Waals surface area contributed by atoms with E-state index >= 15 is 0 Å². The minimum absolute atomic E-state index is 0.0441. The van der Waals surface area contributed by atoms with Gasteiger partial charge in [-0.3, -0.25) is 25.1 Å². The maximum atomic E-state index is 13.8. The van der Waals surface area contributed by atoms with E-state index in [1.165, 1.54) is 33.5 Å². The summed E-state index contributed by atoms with van der Waals surface area (Å²) in [4.78, 5) is 40.3. The lowest BCUT2D eigenvalue weighted by Gasteiger charge is -2.11. The maximum Gasteiger partial charge on any atom is 0.351 e. The standard InChI is InChI=1S/C29H26ClFN8O3S/c1-18-26(27(41)39(36(18)2)23-6-4-3-5-7-23)38-24(16-19-8-10-20(30)11-9-19)35-37(29(38)42)17-25(40)33-34-28(43)32-22-14-12-21(31)13-15-22/h3-15H,16-17H2,1-2H3,(H,33,40)(H2,32,34,43). The fraction of sp³-hybridized carbons (Fsp3) is 0.138. The van der Waals surface area contributed by atoms with E-state index in [-0.39, 0.29) is 23.0 Å². The molecule has 0 bridgehead atoms. The van der Waals surface area contributed by atoms with Crippen molar-refractivity contribution in [1.82, 2.24) is 34.6 Å². The van der Waals surface area contributed by atoms with Crippen molar-refractivity contribution in [2.45, 2.75) is 19.9 Å². The molecule has 5 aromatic rings. The molecule has 3 N–H and O–H groups in total. The molecule has 0 atom stereocenters. The van der Waals surface area contributed by atoms with Crippen LogP contribution >= 0.6 is 23.8 Å². The van der Waals surface area contributed by atoms with Gasteiger partial charge in [-0.05, 0) is 73.2 Å². The minimum Gasteiger partial charge on any atom is -0.331 e. The van der Waals surface area contributed by atoms with Crippen LogP contribution in [0.2, 0.25) is 5.02 Å². The van der Waals surface area contributed by atoms with E-state index in [9.17, 15) is 18.8 Å². The van der Waals surface area contributed by atoms with Crippen molar-refractivity contribution in [1.29, 1.82) is 0 Å². The first-order chi connectivity index (χ1) is 20.6. The molecule has 14 heteroatoms. The second-order valence-corrected chi connectivity index (χ2v) is 10.4. The van der Waals surface area contributed by atoms with Crippen LogP contribution in [0.4, 0.5) is 10.1 Å². The molecule has 0 aliphatic heterocycles. The van der Waals surface area contributed by atoms with Gasteiger partial charge in [-0.15, -0.1) is 0 Å². The van der Waals surface area contributed by atoms with Gasteiger partial charge in [0.05, 0.1) is 11.4 Å². The second kappa shape index (κ2) is 12.5. The van der Waals surface area contributed by atoms with Gasteiger partial charge in [0, 0.05) is 24.2 Å². The van der Waals surface area contributed by atoms with Crippen molar-refractivity contribution >= 4 is 40.5 Å². The number of hydrogen-bond acceptors (Lipinski definition) is 5. The molecule has 0 saturated carbocycles. The van der Waals surface area contributed by atoms with Gasteiger partial charge in [0.1, 0.15) is 23.9 Å². The third-order valence-electron chi connectivity index (χ3n) is 6.64. The summed E-state index contributed by atoms with van der Waals surface area (Å²) < 4.78 is 18.5. The summed E-state index contributed by atoms with van der Waals surface area (Å²) in [5.41, 5.74) is 6.43. The Morgan fingerprint density at radius 3 is 2.33 bits per heavy atom. The van der Waals surface area contributed by atoms with E-state index < -0.39 is 29.5 Å². The van der Waals surface area contributed by atoms with Crippen LogP contribution in [0.3, 0.4) is 0 Å². The largest absolute Gasteiger partial charge is 0.351 e. The Morgan fingerprint density at radius 2 is 1.65 bits per heavy atom. The quantitative estimate of drug-likeness (QED) is 0.189. The molecule has 0 saturated heterocycles. The molecule has 5 rings (SSSR count). The molecule has 0 spiro atoms. The van der Waals surface area contributed by atoms with Crippen LogP contribution in [0, 0.1) is 12.7 Å². The molecule has 43 heavy (non-hydrogen) atoms. The van der Waals surface area contributed by atoms with Gasteiger partial charge in [0.2, 0.25) is 0 Å². The first-order valence-electron chi connectivity index (χ1n) is 13.0. The molecule has 3 aromatic carbocycles. The zero-order valence-electron chi connectivity index (χ0n) is 23.0. The molecule has 0 aliphatic rings. The summed E-state index contributed by atoms with van der Waals surface area (Å²) in [7, 11) is 1.73. The third-order valence-corrected chi connectivity index (χ3v) is 7.10. The summed E-state index contributed by atoms with van der Waals surface area (Å²) >= 11 is 11.2. The molecule has 2 heterocycles. The number of nitrogens with one attached hydrogen (secondary N) is 3. The number of carbonyl (C=O) groups excluding carboxylic acids is 1. The van der Waals surface area contributed by atoms with Crippen molar-refractivity contribution in [3.63, 3.8) is 0 Å². The monoisotopic (exact) mass is 620 g/mol. The van der Waals surface area contributed by atoms with Crippen LogP contribution in [0.15, 0.2) is 88.5 Å². The van der Waals surface area contributed by atoms with E-state index in [0.29, 0.717) is 22.1 Å². The number of nitrogens with zero attached hydrogens (tertiary/aromatic N) is 5. The fourth-order valence-corrected chi connectivity index (χ4v) is 4.78. The molecular weight excluding hydrogens is 595 g/mol. The Morgan fingerprint density at radius 1 is 0.977 bits per heavy atom. The number of para-hydroxylation sites is 1. The normalized spacial score (nSPS) is 10.9. The van der Waals surface area contributed by atoms with E-state index in [0.717, 1.165) is 10.2 Å². The van der Waals surface area contributed by atoms with Gasteiger partial charge in [0.15, 0.2) is 5.11 Å². The topological polar surface area (TPSA) is 120 Å². The van der Waals surface area contributed by atoms with E-state index in [1.54, 1.807) is 55.1 Å². The van der Waals surface area contributed by atoms with Crippen LogP contribution in [0.1, 0.15) is 17.1 Å². The summed E-state index contributed by atoms with van der Waals surface area (Å²) in [6.07, 6.45) is 0.185. The summed E-state index contributed by atoms with van der Waals surface area (Å²) in [6, 6.07) is 21.6. The zero-order chi connectivity index (χ0) is 30.7. The van der Waals surface area contributed by atoms with Crippen molar-refractivity contribution in [3.8, 4) is 11.4 Å². The van der Waals surface area contributed by atoms with Gasteiger partial charge in [-0.1, -0.05) is 41.9 Å². The van der Waals surface area contributed by atoms with Gasteiger partial charge in [-0.2, -0.15) is 5.10 Å². The Labute approximate surface area is 255 Å². The smallest absolute Gasteiger partial charge is 0.331 e. The van der Waals surface area contributed by atoms with Gasteiger partial charge in [0.25, 0.3) is 11.5 Å². The van der Waals surface area contributed by atoms with Gasteiger partial charge >= 0.3 is 5.69 Å². The second-order valence-electron chi connectivity index (χ2n) is 9.54. The Bertz CT molecular complexity index is 1910. The molecular formula is C29H26ClFN8O3S. The highest BCUT2D eigenvalue weighted by Crippen LogP contribution is 2.17. The summed E-state index contributed by atoms with van der Waals surface area (Å²) in [5, 5.41) is 7.84. The zero-order valence-corrected chi connectivity index (χ0v) is 24.6. The number of hydrazine groups is 1. The van der Waals surface area contributed by atoms with Gasteiger partial charge in [-0.25, -0.2) is 23.1 Å². The number of benzene rings is 3. The summed E-state index contributed by atoms with van der Waals surface area (Å²) in [6.45, 7) is 1.27. The number of carbonyl (C=O) groups is 1. The SMILES string of the molecule is Cc1c(-n2c(Cc3ccc(Cl)cc3)nn(CC(=O)NNC(=S)Nc3ccc(F)cc3)c2=O)c(=O)n(-c2ccccc2)n1C. The number of hydrogen-bond donors (Lipinski definition) is 3. The Hall–Kier alpha value is -5.01. The van der Waals surface area contributed by atoms with Crippen LogP contribution in [-0.2, 0) is 24.8 Å². The fourth-order valence-electron chi connectivity index (χ4n) is 4.49. The maximum absolute atomic E-state index is 13.8. The molecule has 0 unspecified atom stereocenters.